The average molecular weight is 468 g/mol. The fourth-order valence-electron chi connectivity index (χ4n) is 4.25. The minimum Gasteiger partial charge on any atom is -0.293 e. The second-order valence-electron chi connectivity index (χ2n) is 7.90. The van der Waals surface area contributed by atoms with Gasteiger partial charge in [0, 0.05) is 10.6 Å². The number of nitrogens with zero attached hydrogens (tertiary/aromatic N) is 5. The summed E-state index contributed by atoms with van der Waals surface area (Å²) in [7, 11) is 0. The molecule has 3 heterocycles. The molecular formula is C23H22ClN5O2S. The van der Waals surface area contributed by atoms with Crippen LogP contribution in [0.3, 0.4) is 0 Å². The monoisotopic (exact) mass is 467 g/mol. The first kappa shape index (κ1) is 21.2. The summed E-state index contributed by atoms with van der Waals surface area (Å²) in [6.45, 7) is 2.42. The number of piperidine rings is 1. The number of hydrogen-bond donors (Lipinski definition) is 0. The normalized spacial score (nSPS) is 18.0. The third-order valence-electron chi connectivity index (χ3n) is 5.85. The summed E-state index contributed by atoms with van der Waals surface area (Å²) < 4.78 is 1.23. The number of fused-ring (bicyclic) bond motifs is 2. The summed E-state index contributed by atoms with van der Waals surface area (Å²) in [5.74, 6) is -0.236. The largest absolute Gasteiger partial charge is 0.293 e. The standard InChI is InChI=1S/C23H22ClN5O2S/c1-32-23-25-18-8-4-3-7-16(18)21(30)29(23)26-20-17-13-15(24)9-10-19(17)28(22(20)31)14-27-11-5-2-6-12-27/h3-4,7-10,13H,2,5-6,11-12,14H2,1H3/b26-20-. The topological polar surface area (TPSA) is 70.8 Å². The van der Waals surface area contributed by atoms with Crippen LogP contribution in [-0.4, -0.2) is 52.2 Å². The summed E-state index contributed by atoms with van der Waals surface area (Å²) in [5.41, 5.74) is 1.89. The van der Waals surface area contributed by atoms with Crippen molar-refractivity contribution in [2.45, 2.75) is 24.4 Å². The highest BCUT2D eigenvalue weighted by Crippen LogP contribution is 2.32. The van der Waals surface area contributed by atoms with E-state index >= 15 is 0 Å². The lowest BCUT2D eigenvalue weighted by Crippen LogP contribution is -2.43. The number of carbonyl (C=O) groups excluding carboxylic acids is 1. The van der Waals surface area contributed by atoms with Gasteiger partial charge in [0.15, 0.2) is 10.9 Å². The molecule has 0 atom stereocenters. The highest BCUT2D eigenvalue weighted by Gasteiger charge is 2.36. The molecule has 9 heteroatoms. The van der Waals surface area contributed by atoms with Crippen molar-refractivity contribution in [2.75, 3.05) is 30.9 Å². The number of thioether (sulfide) groups is 1. The molecule has 0 unspecified atom stereocenters. The molecule has 1 amide bonds. The van der Waals surface area contributed by atoms with E-state index in [1.165, 1.54) is 22.9 Å². The Morgan fingerprint density at radius 2 is 1.88 bits per heavy atom. The Balaban J connectivity index is 1.63. The van der Waals surface area contributed by atoms with Crippen LogP contribution in [0, 0.1) is 0 Å². The zero-order chi connectivity index (χ0) is 22.2. The number of rotatable bonds is 4. The van der Waals surface area contributed by atoms with Gasteiger partial charge >= 0.3 is 0 Å². The van der Waals surface area contributed by atoms with Gasteiger partial charge in [-0.1, -0.05) is 41.9 Å². The fraction of sp³-hybridized carbons (Fsp3) is 0.304. The van der Waals surface area contributed by atoms with E-state index in [1.807, 2.05) is 18.4 Å². The number of para-hydroxylation sites is 1. The number of amides is 1. The van der Waals surface area contributed by atoms with E-state index in [4.69, 9.17) is 11.6 Å². The molecule has 1 aromatic heterocycles. The Kier molecular flexibility index (Phi) is 5.75. The summed E-state index contributed by atoms with van der Waals surface area (Å²) in [5, 5.41) is 5.94. The second-order valence-corrected chi connectivity index (χ2v) is 9.11. The molecule has 2 aliphatic rings. The van der Waals surface area contributed by atoms with Gasteiger partial charge in [-0.25, -0.2) is 4.98 Å². The lowest BCUT2D eigenvalue weighted by Gasteiger charge is -2.30. The third-order valence-corrected chi connectivity index (χ3v) is 6.71. The van der Waals surface area contributed by atoms with E-state index in [-0.39, 0.29) is 17.2 Å². The van der Waals surface area contributed by atoms with E-state index in [9.17, 15) is 9.59 Å². The van der Waals surface area contributed by atoms with Gasteiger partial charge in [-0.3, -0.25) is 19.4 Å². The second kappa shape index (κ2) is 8.69. The number of anilines is 1. The Morgan fingerprint density at radius 1 is 1.09 bits per heavy atom. The molecule has 1 saturated heterocycles. The number of benzene rings is 2. The summed E-state index contributed by atoms with van der Waals surface area (Å²) >= 11 is 7.57. The van der Waals surface area contributed by atoms with Crippen molar-refractivity contribution >= 4 is 51.6 Å². The number of aromatic nitrogens is 2. The number of carbonyl (C=O) groups is 1. The highest BCUT2D eigenvalue weighted by atomic mass is 35.5. The van der Waals surface area contributed by atoms with Gasteiger partial charge in [0.1, 0.15) is 0 Å². The molecule has 1 fully saturated rings. The van der Waals surface area contributed by atoms with Crippen LogP contribution in [0.2, 0.25) is 5.02 Å². The van der Waals surface area contributed by atoms with Crippen LogP contribution in [0.4, 0.5) is 5.69 Å². The Bertz CT molecular complexity index is 1300. The van der Waals surface area contributed by atoms with Gasteiger partial charge < -0.3 is 0 Å². The van der Waals surface area contributed by atoms with Crippen LogP contribution in [0.15, 0.2) is 57.5 Å². The van der Waals surface area contributed by atoms with Gasteiger partial charge in [0.05, 0.1) is 23.3 Å². The molecule has 5 rings (SSSR count). The van der Waals surface area contributed by atoms with Crippen LogP contribution in [0.5, 0.6) is 0 Å². The average Bonchev–Trinajstić information content (AvgIpc) is 3.06. The molecule has 2 aliphatic heterocycles. The summed E-state index contributed by atoms with van der Waals surface area (Å²) in [6, 6.07) is 12.5. The molecule has 0 bridgehead atoms. The lowest BCUT2D eigenvalue weighted by molar-refractivity contribution is -0.112. The van der Waals surface area contributed by atoms with Gasteiger partial charge in [-0.2, -0.15) is 9.78 Å². The molecule has 0 N–H and O–H groups in total. The smallest absolute Gasteiger partial charge is 0.282 e. The van der Waals surface area contributed by atoms with Gasteiger partial charge in [0.2, 0.25) is 0 Å². The van der Waals surface area contributed by atoms with Crippen LogP contribution < -0.4 is 10.5 Å². The molecule has 3 aromatic rings. The Labute approximate surface area is 194 Å². The van der Waals surface area contributed by atoms with E-state index in [0.29, 0.717) is 33.3 Å². The summed E-state index contributed by atoms with van der Waals surface area (Å²) in [6.07, 6.45) is 5.31. The maximum Gasteiger partial charge on any atom is 0.282 e. The van der Waals surface area contributed by atoms with Gasteiger partial charge in [-0.05, 0) is 62.5 Å². The Morgan fingerprint density at radius 3 is 2.66 bits per heavy atom. The molecule has 0 saturated carbocycles. The zero-order valence-electron chi connectivity index (χ0n) is 17.6. The van der Waals surface area contributed by atoms with Crippen molar-refractivity contribution in [2.24, 2.45) is 5.10 Å². The van der Waals surface area contributed by atoms with E-state index in [0.717, 1.165) is 31.6 Å². The fourth-order valence-corrected chi connectivity index (χ4v) is 4.91. The molecule has 0 aliphatic carbocycles. The van der Waals surface area contributed by atoms with Crippen molar-refractivity contribution in [1.29, 1.82) is 0 Å². The van der Waals surface area contributed by atoms with Crippen molar-refractivity contribution in [3.05, 3.63) is 63.4 Å². The predicted molar refractivity (Wildman–Crippen MR) is 129 cm³/mol. The highest BCUT2D eigenvalue weighted by molar-refractivity contribution is 7.98. The first-order valence-corrected chi connectivity index (χ1v) is 12.2. The third kappa shape index (κ3) is 3.72. The van der Waals surface area contributed by atoms with Gasteiger partial charge in [0.25, 0.3) is 11.5 Å². The molecule has 32 heavy (non-hydrogen) atoms. The van der Waals surface area contributed by atoms with Gasteiger partial charge in [-0.15, -0.1) is 0 Å². The molecule has 7 nitrogen and oxygen atoms in total. The van der Waals surface area contributed by atoms with E-state index in [1.54, 1.807) is 35.2 Å². The first-order valence-electron chi connectivity index (χ1n) is 10.6. The van der Waals surface area contributed by atoms with Crippen LogP contribution in [-0.2, 0) is 4.79 Å². The first-order chi connectivity index (χ1) is 15.6. The van der Waals surface area contributed by atoms with Crippen LogP contribution in [0.1, 0.15) is 24.8 Å². The van der Waals surface area contributed by atoms with E-state index in [2.05, 4.69) is 15.0 Å². The molecule has 0 spiro atoms. The van der Waals surface area contributed by atoms with Crippen molar-refractivity contribution in [3.8, 4) is 0 Å². The van der Waals surface area contributed by atoms with Crippen LogP contribution in [0.25, 0.3) is 10.9 Å². The van der Waals surface area contributed by atoms with Crippen molar-refractivity contribution in [3.63, 3.8) is 0 Å². The SMILES string of the molecule is CSc1nc2ccccc2c(=O)n1/N=C1\C(=O)N(CN2CCCCC2)c2ccc(Cl)cc21. The lowest BCUT2D eigenvalue weighted by atomic mass is 10.1. The quantitative estimate of drug-likeness (QED) is 0.431. The molecule has 0 radical (unpaired) electrons. The number of likely N-dealkylation sites (tertiary alicyclic amines) is 1. The zero-order valence-corrected chi connectivity index (χ0v) is 19.2. The molecule has 2 aromatic carbocycles. The maximum absolute atomic E-state index is 13.5. The minimum absolute atomic E-state index is 0.203. The Hall–Kier alpha value is -2.68. The molecule has 164 valence electrons. The van der Waals surface area contributed by atoms with Crippen molar-refractivity contribution < 1.29 is 4.79 Å². The van der Waals surface area contributed by atoms with Crippen molar-refractivity contribution in [1.82, 2.24) is 14.6 Å². The van der Waals surface area contributed by atoms with E-state index < -0.39 is 0 Å². The summed E-state index contributed by atoms with van der Waals surface area (Å²) in [4.78, 5) is 35.3. The molecular weight excluding hydrogens is 446 g/mol. The number of hydrogen-bond acceptors (Lipinski definition) is 6. The predicted octanol–water partition coefficient (Wildman–Crippen LogP) is 3.81. The maximum atomic E-state index is 13.5. The van der Waals surface area contributed by atoms with Crippen LogP contribution >= 0.6 is 23.4 Å². The minimum atomic E-state index is -0.307. The number of halogens is 1.